The quantitative estimate of drug-likeness (QED) is 0.795. The van der Waals surface area contributed by atoms with Crippen LogP contribution in [0.15, 0.2) is 0 Å². The fourth-order valence-electron chi connectivity index (χ4n) is 1.53. The monoisotopic (exact) mass is 252 g/mol. The summed E-state index contributed by atoms with van der Waals surface area (Å²) < 4.78 is 0. The lowest BCUT2D eigenvalue weighted by Crippen LogP contribution is -2.47. The van der Waals surface area contributed by atoms with E-state index in [2.05, 4.69) is 23.8 Å². The summed E-state index contributed by atoms with van der Waals surface area (Å²) in [6, 6.07) is 0.0535. The van der Waals surface area contributed by atoms with Gasteiger partial charge in [0.25, 0.3) is 0 Å². The van der Waals surface area contributed by atoms with E-state index in [0.29, 0.717) is 5.25 Å². The van der Waals surface area contributed by atoms with Crippen LogP contribution in [0.25, 0.3) is 0 Å². The van der Waals surface area contributed by atoms with Crippen LogP contribution in [0, 0.1) is 0 Å². The van der Waals surface area contributed by atoms with Gasteiger partial charge >= 0.3 is 0 Å². The Morgan fingerprint density at radius 1 is 1.60 bits per heavy atom. The molecule has 0 bridgehead atoms. The molecule has 0 saturated carbocycles. The van der Waals surface area contributed by atoms with Gasteiger partial charge in [-0.1, -0.05) is 13.3 Å². The van der Waals surface area contributed by atoms with Gasteiger partial charge in [0.2, 0.25) is 5.91 Å². The molecule has 90 valence electrons. The highest BCUT2D eigenvalue weighted by Crippen LogP contribution is 2.07. The molecule has 1 unspecified atom stereocenters. The number of halogens is 1. The number of carbonyl (C=O) groups is 1. The Morgan fingerprint density at radius 3 is 2.87 bits per heavy atom. The Balaban J connectivity index is 0.00000196. The molecular weight excluding hydrogens is 232 g/mol. The average molecular weight is 253 g/mol. The van der Waals surface area contributed by atoms with E-state index < -0.39 is 0 Å². The van der Waals surface area contributed by atoms with Crippen LogP contribution in [-0.2, 0) is 4.79 Å². The zero-order valence-corrected chi connectivity index (χ0v) is 11.0. The van der Waals surface area contributed by atoms with Gasteiger partial charge in [-0.3, -0.25) is 4.79 Å². The first-order valence-corrected chi connectivity index (χ1v) is 6.56. The maximum Gasteiger partial charge on any atom is 0.237 e. The highest BCUT2D eigenvalue weighted by Gasteiger charge is 2.20. The molecule has 1 fully saturated rings. The van der Waals surface area contributed by atoms with Crippen LogP contribution < -0.4 is 10.6 Å². The van der Waals surface area contributed by atoms with Crippen LogP contribution in [0.2, 0.25) is 0 Å². The normalized spacial score (nSPS) is 22.7. The molecule has 1 saturated heterocycles. The van der Waals surface area contributed by atoms with Crippen LogP contribution >= 0.6 is 24.2 Å². The first-order chi connectivity index (χ1) is 6.74. The number of thioether (sulfide) groups is 1. The van der Waals surface area contributed by atoms with E-state index in [4.69, 9.17) is 0 Å². The second kappa shape index (κ2) is 8.25. The van der Waals surface area contributed by atoms with Crippen molar-refractivity contribution in [1.82, 2.24) is 10.6 Å². The smallest absolute Gasteiger partial charge is 0.237 e. The molecule has 2 N–H and O–H groups in total. The Morgan fingerprint density at radius 2 is 2.33 bits per heavy atom. The fraction of sp³-hybridized carbons (Fsp3) is 0.900. The third kappa shape index (κ3) is 5.64. The third-order valence-electron chi connectivity index (χ3n) is 2.59. The van der Waals surface area contributed by atoms with E-state index in [9.17, 15) is 4.79 Å². The van der Waals surface area contributed by atoms with E-state index in [1.54, 1.807) is 11.8 Å². The van der Waals surface area contributed by atoms with Crippen molar-refractivity contribution in [2.75, 3.05) is 19.3 Å². The maximum absolute atomic E-state index is 11.6. The van der Waals surface area contributed by atoms with Gasteiger partial charge in [-0.2, -0.15) is 11.8 Å². The lowest BCUT2D eigenvalue weighted by atomic mass is 10.0. The second-order valence-corrected chi connectivity index (χ2v) is 5.07. The van der Waals surface area contributed by atoms with Gasteiger partial charge < -0.3 is 10.6 Å². The number of piperidine rings is 1. The summed E-state index contributed by atoms with van der Waals surface area (Å²) in [5.74, 6) is 0.172. The zero-order chi connectivity index (χ0) is 10.4. The number of hydrogen-bond donors (Lipinski definition) is 2. The predicted octanol–water partition coefficient (Wildman–Crippen LogP) is 1.42. The van der Waals surface area contributed by atoms with Gasteiger partial charge in [0.15, 0.2) is 0 Å². The van der Waals surface area contributed by atoms with Gasteiger partial charge in [-0.25, -0.2) is 0 Å². The highest BCUT2D eigenvalue weighted by atomic mass is 35.5. The van der Waals surface area contributed by atoms with Crippen LogP contribution in [0.4, 0.5) is 0 Å². The van der Waals surface area contributed by atoms with Crippen LogP contribution in [-0.4, -0.2) is 36.5 Å². The molecule has 1 amide bonds. The molecule has 0 aromatic rings. The minimum Gasteiger partial charge on any atom is -0.354 e. The molecule has 0 aromatic heterocycles. The third-order valence-corrected chi connectivity index (χ3v) is 3.56. The van der Waals surface area contributed by atoms with E-state index in [-0.39, 0.29) is 24.4 Å². The minimum atomic E-state index is 0. The first-order valence-electron chi connectivity index (χ1n) is 5.28. The van der Waals surface area contributed by atoms with Gasteiger partial charge in [0.1, 0.15) is 0 Å². The van der Waals surface area contributed by atoms with Crippen molar-refractivity contribution < 1.29 is 4.79 Å². The lowest BCUT2D eigenvalue weighted by Gasteiger charge is -2.23. The summed E-state index contributed by atoms with van der Waals surface area (Å²) in [7, 11) is 0. The standard InChI is InChI=1S/C10H20N2OS.ClH/c1-8(14-2)7-12-10(13)9-5-3-4-6-11-9;/h8-9,11H,3-7H2,1-2H3,(H,12,13);1H/t8?,9-;/m0./s1. The average Bonchev–Trinajstić information content (AvgIpc) is 2.26. The molecule has 5 heteroatoms. The molecular formula is C10H21ClN2OS. The van der Waals surface area contributed by atoms with Gasteiger partial charge in [0.05, 0.1) is 6.04 Å². The lowest BCUT2D eigenvalue weighted by molar-refractivity contribution is -0.123. The van der Waals surface area contributed by atoms with Gasteiger partial charge in [-0.05, 0) is 25.6 Å². The Labute approximate surface area is 103 Å². The number of amides is 1. The summed E-state index contributed by atoms with van der Waals surface area (Å²) in [6.45, 7) is 3.88. The highest BCUT2D eigenvalue weighted by molar-refractivity contribution is 7.99. The summed E-state index contributed by atoms with van der Waals surface area (Å²) in [4.78, 5) is 11.6. The van der Waals surface area contributed by atoms with E-state index >= 15 is 0 Å². The van der Waals surface area contributed by atoms with Crippen molar-refractivity contribution in [3.05, 3.63) is 0 Å². The topological polar surface area (TPSA) is 41.1 Å². The number of carbonyl (C=O) groups excluding carboxylic acids is 1. The summed E-state index contributed by atoms with van der Waals surface area (Å²) in [5.41, 5.74) is 0. The second-order valence-electron chi connectivity index (χ2n) is 3.79. The minimum absolute atomic E-state index is 0. The van der Waals surface area contributed by atoms with E-state index in [1.807, 2.05) is 0 Å². The molecule has 0 spiro atoms. The molecule has 3 nitrogen and oxygen atoms in total. The summed E-state index contributed by atoms with van der Waals surface area (Å²) >= 11 is 1.78. The number of nitrogens with one attached hydrogen (secondary N) is 2. The molecule has 1 aliphatic heterocycles. The van der Waals surface area contributed by atoms with Crippen LogP contribution in [0.3, 0.4) is 0 Å². The Bertz CT molecular complexity index is 186. The van der Waals surface area contributed by atoms with Crippen molar-refractivity contribution >= 4 is 30.1 Å². The molecule has 15 heavy (non-hydrogen) atoms. The molecule has 0 radical (unpaired) electrons. The van der Waals surface area contributed by atoms with Crippen LogP contribution in [0.1, 0.15) is 26.2 Å². The summed E-state index contributed by atoms with van der Waals surface area (Å²) in [5, 5.41) is 6.72. The van der Waals surface area contributed by atoms with Gasteiger partial charge in [-0.15, -0.1) is 12.4 Å². The zero-order valence-electron chi connectivity index (χ0n) is 9.41. The maximum atomic E-state index is 11.6. The predicted molar refractivity (Wildman–Crippen MR) is 68.9 cm³/mol. The molecule has 0 aliphatic carbocycles. The number of hydrogen-bond acceptors (Lipinski definition) is 3. The van der Waals surface area contributed by atoms with Gasteiger partial charge in [0, 0.05) is 11.8 Å². The van der Waals surface area contributed by atoms with Crippen molar-refractivity contribution in [2.45, 2.75) is 37.5 Å². The van der Waals surface area contributed by atoms with E-state index in [1.165, 1.54) is 12.8 Å². The largest absolute Gasteiger partial charge is 0.354 e. The fourth-order valence-corrected chi connectivity index (χ4v) is 1.78. The molecule has 2 atom stereocenters. The van der Waals surface area contributed by atoms with Crippen molar-refractivity contribution in [1.29, 1.82) is 0 Å². The van der Waals surface area contributed by atoms with Crippen molar-refractivity contribution in [2.24, 2.45) is 0 Å². The first kappa shape index (κ1) is 15.1. The number of rotatable bonds is 4. The van der Waals surface area contributed by atoms with Crippen LogP contribution in [0.5, 0.6) is 0 Å². The summed E-state index contributed by atoms with van der Waals surface area (Å²) in [6.07, 6.45) is 5.42. The molecule has 1 aliphatic rings. The van der Waals surface area contributed by atoms with Crippen molar-refractivity contribution in [3.63, 3.8) is 0 Å². The molecule has 1 heterocycles. The molecule has 0 aromatic carbocycles. The van der Waals surface area contributed by atoms with E-state index in [0.717, 1.165) is 19.5 Å². The Hall–Kier alpha value is 0.0700. The van der Waals surface area contributed by atoms with Crippen molar-refractivity contribution in [3.8, 4) is 0 Å². The Kier molecular flexibility index (Phi) is 8.29. The SMILES string of the molecule is CSC(C)CNC(=O)[C@@H]1CCCCN1.Cl. The molecule has 1 rings (SSSR count).